The van der Waals surface area contributed by atoms with E-state index in [-0.39, 0.29) is 34.5 Å². The second-order valence-electron chi connectivity index (χ2n) is 7.22. The van der Waals surface area contributed by atoms with Gasteiger partial charge >= 0.3 is 0 Å². The Labute approximate surface area is 146 Å². The first-order valence-corrected chi connectivity index (χ1v) is 9.18. The van der Waals surface area contributed by atoms with Crippen molar-refractivity contribution in [3.63, 3.8) is 0 Å². The Balaban J connectivity index is 1.57. The number of fused-ring (bicyclic) bond motifs is 1. The number of rotatable bonds is 4. The van der Waals surface area contributed by atoms with Crippen molar-refractivity contribution in [1.82, 2.24) is 10.3 Å². The van der Waals surface area contributed by atoms with Crippen LogP contribution in [0.4, 0.5) is 0 Å². The number of H-pyrrole nitrogens is 1. The number of para-hydroxylation sites is 1. The number of aromatic amines is 1. The first-order chi connectivity index (χ1) is 12.2. The van der Waals surface area contributed by atoms with E-state index in [1.165, 1.54) is 19.0 Å². The molecule has 0 aliphatic heterocycles. The molecule has 4 rings (SSSR count). The van der Waals surface area contributed by atoms with E-state index in [0.29, 0.717) is 12.0 Å². The number of hydrogen-bond acceptors (Lipinski definition) is 3. The van der Waals surface area contributed by atoms with E-state index in [4.69, 9.17) is 4.74 Å². The van der Waals surface area contributed by atoms with Crippen molar-refractivity contribution >= 4 is 16.8 Å². The highest BCUT2D eigenvalue weighted by atomic mass is 16.5. The SMILES string of the molecule is CCO[C@@H]1C[C@@H](NC(=O)c2c[nH]c3ccccc3c2=O)C12CCCC2. The summed E-state index contributed by atoms with van der Waals surface area (Å²) in [7, 11) is 0. The Morgan fingerprint density at radius 1 is 1.32 bits per heavy atom. The van der Waals surface area contributed by atoms with Gasteiger partial charge in [-0.25, -0.2) is 0 Å². The predicted octanol–water partition coefficient (Wildman–Crippen LogP) is 3.00. The van der Waals surface area contributed by atoms with Crippen LogP contribution in [0.2, 0.25) is 0 Å². The summed E-state index contributed by atoms with van der Waals surface area (Å²) in [5, 5.41) is 3.67. The molecule has 2 aliphatic rings. The minimum atomic E-state index is -0.279. The van der Waals surface area contributed by atoms with E-state index >= 15 is 0 Å². The molecule has 132 valence electrons. The molecule has 0 unspecified atom stereocenters. The summed E-state index contributed by atoms with van der Waals surface area (Å²) < 4.78 is 5.90. The fourth-order valence-corrected chi connectivity index (χ4v) is 4.66. The minimum absolute atomic E-state index is 0.0648. The molecule has 1 aromatic heterocycles. The van der Waals surface area contributed by atoms with Gasteiger partial charge in [0.2, 0.25) is 5.43 Å². The van der Waals surface area contributed by atoms with E-state index in [1.807, 2.05) is 25.1 Å². The van der Waals surface area contributed by atoms with Crippen molar-refractivity contribution in [2.75, 3.05) is 6.61 Å². The van der Waals surface area contributed by atoms with E-state index in [2.05, 4.69) is 10.3 Å². The lowest BCUT2D eigenvalue weighted by atomic mass is 9.60. The molecule has 0 saturated heterocycles. The van der Waals surface area contributed by atoms with Crippen LogP contribution in [0, 0.1) is 5.41 Å². The third-order valence-corrected chi connectivity index (χ3v) is 6.03. The Bertz CT molecular complexity index is 851. The van der Waals surface area contributed by atoms with Crippen molar-refractivity contribution in [1.29, 1.82) is 0 Å². The van der Waals surface area contributed by atoms with Gasteiger partial charge in [-0.2, -0.15) is 0 Å². The van der Waals surface area contributed by atoms with Gasteiger partial charge in [0, 0.05) is 35.2 Å². The van der Waals surface area contributed by atoms with Gasteiger partial charge in [-0.3, -0.25) is 9.59 Å². The molecule has 1 amide bonds. The standard InChI is InChI=1S/C20H24N2O3/c1-2-25-17-11-16(20(17)9-5-6-10-20)22-19(24)14-12-21-15-8-4-3-7-13(15)18(14)23/h3-4,7-8,12,16-17H,2,5-6,9-11H2,1H3,(H,21,23)(H,22,24)/t16-,17-/m1/s1. The molecule has 25 heavy (non-hydrogen) atoms. The molecular weight excluding hydrogens is 316 g/mol. The largest absolute Gasteiger partial charge is 0.378 e. The van der Waals surface area contributed by atoms with E-state index in [9.17, 15) is 9.59 Å². The molecule has 0 radical (unpaired) electrons. The second-order valence-corrected chi connectivity index (χ2v) is 7.22. The van der Waals surface area contributed by atoms with Crippen LogP contribution >= 0.6 is 0 Å². The summed E-state index contributed by atoms with van der Waals surface area (Å²) in [5.41, 5.74) is 0.783. The number of nitrogens with one attached hydrogen (secondary N) is 2. The third-order valence-electron chi connectivity index (χ3n) is 6.03. The van der Waals surface area contributed by atoms with Gasteiger partial charge < -0.3 is 15.0 Å². The van der Waals surface area contributed by atoms with Gasteiger partial charge in [0.25, 0.3) is 5.91 Å². The highest BCUT2D eigenvalue weighted by Crippen LogP contribution is 2.54. The van der Waals surface area contributed by atoms with Crippen LogP contribution < -0.4 is 10.7 Å². The number of ether oxygens (including phenoxy) is 1. The number of amides is 1. The van der Waals surface area contributed by atoms with Crippen LogP contribution in [-0.4, -0.2) is 29.6 Å². The molecule has 0 bridgehead atoms. The molecule has 1 spiro atoms. The van der Waals surface area contributed by atoms with Crippen molar-refractivity contribution in [2.24, 2.45) is 5.41 Å². The summed E-state index contributed by atoms with van der Waals surface area (Å²) in [4.78, 5) is 28.4. The molecule has 2 aromatic rings. The molecule has 2 fully saturated rings. The maximum Gasteiger partial charge on any atom is 0.257 e. The maximum absolute atomic E-state index is 12.7. The molecule has 5 nitrogen and oxygen atoms in total. The summed E-state index contributed by atoms with van der Waals surface area (Å²) >= 11 is 0. The van der Waals surface area contributed by atoms with Crippen molar-refractivity contribution in [3.8, 4) is 0 Å². The number of benzene rings is 1. The molecule has 1 aromatic carbocycles. The van der Waals surface area contributed by atoms with Gasteiger partial charge in [-0.1, -0.05) is 25.0 Å². The van der Waals surface area contributed by atoms with Crippen molar-refractivity contribution in [3.05, 3.63) is 46.2 Å². The van der Waals surface area contributed by atoms with Gasteiger partial charge in [-0.15, -0.1) is 0 Å². The maximum atomic E-state index is 12.7. The average Bonchev–Trinajstić information content (AvgIpc) is 3.14. The molecule has 2 atom stereocenters. The van der Waals surface area contributed by atoms with Crippen LogP contribution in [0.3, 0.4) is 0 Å². The van der Waals surface area contributed by atoms with Gasteiger partial charge in [0.15, 0.2) is 0 Å². The zero-order valence-electron chi connectivity index (χ0n) is 14.5. The molecule has 2 saturated carbocycles. The number of carbonyl (C=O) groups excluding carboxylic acids is 1. The zero-order chi connectivity index (χ0) is 17.4. The van der Waals surface area contributed by atoms with Gasteiger partial charge in [-0.05, 0) is 38.3 Å². The highest BCUT2D eigenvalue weighted by molar-refractivity contribution is 5.97. The fourth-order valence-electron chi connectivity index (χ4n) is 4.66. The first kappa shape index (κ1) is 16.3. The van der Waals surface area contributed by atoms with Crippen LogP contribution in [0.25, 0.3) is 10.9 Å². The van der Waals surface area contributed by atoms with Crippen LogP contribution in [0.1, 0.15) is 49.4 Å². The van der Waals surface area contributed by atoms with Crippen LogP contribution in [-0.2, 0) is 4.74 Å². The van der Waals surface area contributed by atoms with Crippen LogP contribution in [0.15, 0.2) is 35.3 Å². The van der Waals surface area contributed by atoms with Crippen molar-refractivity contribution < 1.29 is 9.53 Å². The van der Waals surface area contributed by atoms with Crippen molar-refractivity contribution in [2.45, 2.75) is 51.2 Å². The van der Waals surface area contributed by atoms with E-state index in [1.54, 1.807) is 6.07 Å². The topological polar surface area (TPSA) is 71.2 Å². The lowest BCUT2D eigenvalue weighted by Gasteiger charge is -2.54. The Morgan fingerprint density at radius 3 is 2.84 bits per heavy atom. The molecule has 2 N–H and O–H groups in total. The van der Waals surface area contributed by atoms with Gasteiger partial charge in [0.1, 0.15) is 5.56 Å². The number of pyridine rings is 1. The second kappa shape index (κ2) is 6.30. The quantitative estimate of drug-likeness (QED) is 0.899. The zero-order valence-corrected chi connectivity index (χ0v) is 14.5. The molecule has 2 aliphatic carbocycles. The normalized spacial score (nSPS) is 24.4. The summed E-state index contributed by atoms with van der Waals surface area (Å²) in [6.45, 7) is 2.72. The minimum Gasteiger partial charge on any atom is -0.378 e. The highest BCUT2D eigenvalue weighted by Gasteiger charge is 2.57. The lowest BCUT2D eigenvalue weighted by molar-refractivity contribution is -0.127. The molecule has 1 heterocycles. The number of carbonyl (C=O) groups is 1. The lowest BCUT2D eigenvalue weighted by Crippen LogP contribution is -2.63. The first-order valence-electron chi connectivity index (χ1n) is 9.18. The van der Waals surface area contributed by atoms with E-state index in [0.717, 1.165) is 24.8 Å². The number of aromatic nitrogens is 1. The number of hydrogen-bond donors (Lipinski definition) is 2. The summed E-state index contributed by atoms with van der Waals surface area (Å²) in [5.74, 6) is -0.279. The van der Waals surface area contributed by atoms with E-state index < -0.39 is 0 Å². The molecule has 5 heteroatoms. The van der Waals surface area contributed by atoms with Gasteiger partial charge in [0.05, 0.1) is 6.10 Å². The Kier molecular flexibility index (Phi) is 4.12. The summed E-state index contributed by atoms with van der Waals surface area (Å²) in [6, 6.07) is 7.36. The third kappa shape index (κ3) is 2.58. The predicted molar refractivity (Wildman–Crippen MR) is 96.8 cm³/mol. The smallest absolute Gasteiger partial charge is 0.257 e. The Hall–Kier alpha value is -2.14. The summed E-state index contributed by atoms with van der Waals surface area (Å²) in [6.07, 6.45) is 7.16. The fraction of sp³-hybridized carbons (Fsp3) is 0.500. The molecular formula is C20H24N2O3. The monoisotopic (exact) mass is 340 g/mol. The average molecular weight is 340 g/mol. The van der Waals surface area contributed by atoms with Crippen LogP contribution in [0.5, 0.6) is 0 Å². The Morgan fingerprint density at radius 2 is 2.08 bits per heavy atom.